The van der Waals surface area contributed by atoms with E-state index in [4.69, 9.17) is 11.6 Å². The van der Waals surface area contributed by atoms with Gasteiger partial charge in [-0.2, -0.15) is 13.2 Å². The fraction of sp³-hybridized carbons (Fsp3) is 0.192. The summed E-state index contributed by atoms with van der Waals surface area (Å²) in [4.78, 5) is 25.9. The van der Waals surface area contributed by atoms with Crippen LogP contribution in [0.25, 0.3) is 11.4 Å². The van der Waals surface area contributed by atoms with Crippen LogP contribution >= 0.6 is 11.6 Å². The van der Waals surface area contributed by atoms with Gasteiger partial charge in [0.05, 0.1) is 11.6 Å². The van der Waals surface area contributed by atoms with Gasteiger partial charge in [-0.05, 0) is 54.4 Å². The van der Waals surface area contributed by atoms with E-state index in [1.165, 1.54) is 16.7 Å². The van der Waals surface area contributed by atoms with Crippen LogP contribution in [-0.4, -0.2) is 20.3 Å². The Hall–Kier alpha value is -3.85. The molecule has 1 heterocycles. The fourth-order valence-corrected chi connectivity index (χ4v) is 3.92. The number of nitrogens with zero attached hydrogens (tertiary/aromatic N) is 3. The average molecular weight is 515 g/mol. The molecule has 10 heteroatoms. The maximum atomic E-state index is 13.3. The number of hydrogen-bond acceptors (Lipinski definition) is 3. The molecule has 0 fully saturated rings. The molecular weight excluding hydrogens is 493 g/mol. The van der Waals surface area contributed by atoms with Crippen molar-refractivity contribution in [3.63, 3.8) is 0 Å². The van der Waals surface area contributed by atoms with Crippen molar-refractivity contribution in [2.75, 3.05) is 0 Å². The number of halogens is 4. The Labute approximate surface area is 210 Å². The standard InChI is InChI=1S/C26H22ClF3N4O2/c1-17(19-7-3-2-4-8-19)34-24(20-10-12-22(27)13-11-20)32-33(25(34)36)16-23(35)31-15-18-6-5-9-21(14-18)26(28,29)30/h2-14,17H,15-16H2,1H3,(H,31,35)/t17-/m0/s1. The van der Waals surface area contributed by atoms with Crippen LogP contribution < -0.4 is 11.0 Å². The Morgan fingerprint density at radius 3 is 2.39 bits per heavy atom. The maximum absolute atomic E-state index is 13.3. The minimum absolute atomic E-state index is 0.122. The first-order chi connectivity index (χ1) is 17.1. The smallest absolute Gasteiger partial charge is 0.350 e. The van der Waals surface area contributed by atoms with Crippen molar-refractivity contribution in [1.29, 1.82) is 0 Å². The van der Waals surface area contributed by atoms with Crippen molar-refractivity contribution < 1.29 is 18.0 Å². The van der Waals surface area contributed by atoms with E-state index in [-0.39, 0.29) is 18.2 Å². The second-order valence-corrected chi connectivity index (χ2v) is 8.64. The molecule has 1 amide bonds. The third-order valence-electron chi connectivity index (χ3n) is 5.68. The number of amides is 1. The second kappa shape index (κ2) is 10.4. The van der Waals surface area contributed by atoms with Crippen LogP contribution in [-0.2, 0) is 24.1 Å². The number of nitrogens with one attached hydrogen (secondary N) is 1. The number of rotatable bonds is 7. The zero-order valence-electron chi connectivity index (χ0n) is 19.2. The van der Waals surface area contributed by atoms with Gasteiger partial charge >= 0.3 is 11.9 Å². The summed E-state index contributed by atoms with van der Waals surface area (Å²) >= 11 is 6.01. The molecule has 3 aromatic carbocycles. The van der Waals surface area contributed by atoms with Crippen LogP contribution in [0, 0.1) is 0 Å². The summed E-state index contributed by atoms with van der Waals surface area (Å²) in [7, 11) is 0. The topological polar surface area (TPSA) is 68.9 Å². The van der Waals surface area contributed by atoms with Crippen molar-refractivity contribution in [2.45, 2.75) is 32.2 Å². The number of aromatic nitrogens is 3. The monoisotopic (exact) mass is 514 g/mol. The van der Waals surface area contributed by atoms with Crippen LogP contribution in [0.15, 0.2) is 83.7 Å². The maximum Gasteiger partial charge on any atom is 0.416 e. The SMILES string of the molecule is C[C@@H](c1ccccc1)n1c(-c2ccc(Cl)cc2)nn(CC(=O)NCc2cccc(C(F)(F)F)c2)c1=O. The molecule has 4 rings (SSSR count). The van der Waals surface area contributed by atoms with E-state index < -0.39 is 29.9 Å². The van der Waals surface area contributed by atoms with E-state index in [0.717, 1.165) is 22.4 Å². The van der Waals surface area contributed by atoms with Crippen LogP contribution in [0.2, 0.25) is 5.02 Å². The lowest BCUT2D eigenvalue weighted by molar-refractivity contribution is -0.137. The summed E-state index contributed by atoms with van der Waals surface area (Å²) in [5.74, 6) is -0.201. The van der Waals surface area contributed by atoms with E-state index in [1.807, 2.05) is 37.3 Å². The van der Waals surface area contributed by atoms with Gasteiger partial charge in [0, 0.05) is 17.1 Å². The molecule has 0 bridgehead atoms. The van der Waals surface area contributed by atoms with Gasteiger partial charge in [-0.3, -0.25) is 9.36 Å². The van der Waals surface area contributed by atoms with Crippen LogP contribution in [0.4, 0.5) is 13.2 Å². The highest BCUT2D eigenvalue weighted by Crippen LogP contribution is 2.29. The number of carbonyl (C=O) groups excluding carboxylic acids is 1. The van der Waals surface area contributed by atoms with Gasteiger partial charge in [0.2, 0.25) is 5.91 Å². The predicted molar refractivity (Wildman–Crippen MR) is 130 cm³/mol. The molecule has 0 aliphatic rings. The first-order valence-electron chi connectivity index (χ1n) is 11.1. The van der Waals surface area contributed by atoms with Gasteiger partial charge in [-0.1, -0.05) is 54.1 Å². The molecular formula is C26H22ClF3N4O2. The van der Waals surface area contributed by atoms with Crippen molar-refractivity contribution in [1.82, 2.24) is 19.7 Å². The van der Waals surface area contributed by atoms with E-state index in [2.05, 4.69) is 10.4 Å². The molecule has 0 unspecified atom stereocenters. The Balaban J connectivity index is 1.59. The van der Waals surface area contributed by atoms with Gasteiger partial charge in [-0.15, -0.1) is 5.10 Å². The number of alkyl halides is 3. The van der Waals surface area contributed by atoms with Gasteiger partial charge < -0.3 is 5.32 Å². The Bertz CT molecular complexity index is 1410. The molecule has 1 aromatic heterocycles. The Kier molecular flexibility index (Phi) is 7.30. The van der Waals surface area contributed by atoms with Gasteiger partial charge in [-0.25, -0.2) is 9.48 Å². The van der Waals surface area contributed by atoms with Gasteiger partial charge in [0.25, 0.3) is 0 Å². The zero-order valence-corrected chi connectivity index (χ0v) is 19.9. The van der Waals surface area contributed by atoms with E-state index >= 15 is 0 Å². The number of hydrogen-bond donors (Lipinski definition) is 1. The quantitative estimate of drug-likeness (QED) is 0.363. The predicted octanol–water partition coefficient (Wildman–Crippen LogP) is 5.31. The van der Waals surface area contributed by atoms with E-state index in [0.29, 0.717) is 16.4 Å². The highest BCUT2D eigenvalue weighted by molar-refractivity contribution is 6.30. The van der Waals surface area contributed by atoms with Crippen LogP contribution in [0.3, 0.4) is 0 Å². The van der Waals surface area contributed by atoms with Gasteiger partial charge in [0.1, 0.15) is 6.54 Å². The summed E-state index contributed by atoms with van der Waals surface area (Å²) in [6.07, 6.45) is -4.48. The first-order valence-corrected chi connectivity index (χ1v) is 11.4. The summed E-state index contributed by atoms with van der Waals surface area (Å²) in [6, 6.07) is 20.5. The minimum Gasteiger partial charge on any atom is -0.350 e. The summed E-state index contributed by atoms with van der Waals surface area (Å²) in [5, 5.41) is 7.49. The first kappa shape index (κ1) is 25.2. The average Bonchev–Trinajstić information content (AvgIpc) is 3.18. The minimum atomic E-state index is -4.48. The molecule has 186 valence electrons. The van der Waals surface area contributed by atoms with Crippen LogP contribution in [0.5, 0.6) is 0 Å². The Morgan fingerprint density at radius 1 is 1.03 bits per heavy atom. The third-order valence-corrected chi connectivity index (χ3v) is 5.93. The van der Waals surface area contributed by atoms with E-state index in [9.17, 15) is 22.8 Å². The summed E-state index contributed by atoms with van der Waals surface area (Å²) in [5.41, 5.74) is 0.513. The number of benzene rings is 3. The third kappa shape index (κ3) is 5.68. The Morgan fingerprint density at radius 2 is 1.72 bits per heavy atom. The number of carbonyl (C=O) groups is 1. The normalized spacial score (nSPS) is 12.4. The van der Waals surface area contributed by atoms with Crippen molar-refractivity contribution in [2.24, 2.45) is 0 Å². The molecule has 0 saturated carbocycles. The highest BCUT2D eigenvalue weighted by Gasteiger charge is 2.30. The molecule has 36 heavy (non-hydrogen) atoms. The molecule has 0 spiro atoms. The largest absolute Gasteiger partial charge is 0.416 e. The zero-order chi connectivity index (χ0) is 25.9. The van der Waals surface area contributed by atoms with E-state index in [1.54, 1.807) is 24.3 Å². The lowest BCUT2D eigenvalue weighted by Crippen LogP contribution is -2.34. The lowest BCUT2D eigenvalue weighted by atomic mass is 10.1. The second-order valence-electron chi connectivity index (χ2n) is 8.20. The molecule has 0 aliphatic carbocycles. The van der Waals surface area contributed by atoms with Gasteiger partial charge in [0.15, 0.2) is 5.82 Å². The van der Waals surface area contributed by atoms with Crippen molar-refractivity contribution in [3.8, 4) is 11.4 Å². The molecule has 4 aromatic rings. The highest BCUT2D eigenvalue weighted by atomic mass is 35.5. The van der Waals surface area contributed by atoms with Crippen LogP contribution in [0.1, 0.15) is 29.7 Å². The molecule has 0 saturated heterocycles. The molecule has 6 nitrogen and oxygen atoms in total. The molecule has 1 N–H and O–H groups in total. The van der Waals surface area contributed by atoms with Crippen molar-refractivity contribution in [3.05, 3.63) is 111 Å². The van der Waals surface area contributed by atoms with Crippen molar-refractivity contribution >= 4 is 17.5 Å². The lowest BCUT2D eigenvalue weighted by Gasteiger charge is -2.15. The molecule has 1 atom stereocenters. The fourth-order valence-electron chi connectivity index (χ4n) is 3.80. The molecule has 0 radical (unpaired) electrons. The summed E-state index contributed by atoms with van der Waals surface area (Å²) in [6.45, 7) is 1.34. The summed E-state index contributed by atoms with van der Waals surface area (Å²) < 4.78 is 41.4. The molecule has 0 aliphatic heterocycles.